The molecular weight excluding hydrogens is 212 g/mol. The molecule has 0 aromatic rings. The molecule has 0 aliphatic rings. The van der Waals surface area contributed by atoms with E-state index in [0.717, 1.165) is 19.3 Å². The summed E-state index contributed by atoms with van der Waals surface area (Å²) in [6.07, 6.45) is 7.92. The lowest BCUT2D eigenvalue weighted by Gasteiger charge is -2.03. The van der Waals surface area contributed by atoms with Gasteiger partial charge in [0.1, 0.15) is 5.03 Å². The number of unbranched alkanes of at least 4 members (excludes halogenated alkanes) is 6. The highest BCUT2D eigenvalue weighted by Gasteiger charge is 2.03. The smallest absolute Gasteiger partial charge is 0.349 e. The predicted octanol–water partition coefficient (Wildman–Crippen LogP) is 3.85. The van der Waals surface area contributed by atoms with E-state index in [-0.39, 0.29) is 5.03 Å². The summed E-state index contributed by atoms with van der Waals surface area (Å²) in [4.78, 5) is 10.9. The van der Waals surface area contributed by atoms with E-state index < -0.39 is 5.97 Å². The van der Waals surface area contributed by atoms with E-state index in [9.17, 15) is 4.79 Å². The highest BCUT2D eigenvalue weighted by Crippen LogP contribution is 2.07. The Balaban J connectivity index is 3.11. The van der Waals surface area contributed by atoms with Crippen LogP contribution in [0.4, 0.5) is 0 Å². The first-order valence-corrected chi connectivity index (χ1v) is 5.87. The molecule has 2 nitrogen and oxygen atoms in total. The third-order valence-electron chi connectivity index (χ3n) is 2.10. The van der Waals surface area contributed by atoms with E-state index in [1.54, 1.807) is 0 Å². The summed E-state index contributed by atoms with van der Waals surface area (Å²) in [5, 5.41) is -0.0505. The van der Waals surface area contributed by atoms with Gasteiger partial charge in [-0.1, -0.05) is 63.6 Å². The SMILES string of the molecule is [CH2]CCCCCCCCOC(=O)C(=C)Cl. The molecule has 0 unspecified atom stereocenters. The van der Waals surface area contributed by atoms with Gasteiger partial charge in [-0.15, -0.1) is 0 Å². The molecule has 87 valence electrons. The summed E-state index contributed by atoms with van der Waals surface area (Å²) in [5.41, 5.74) is 0. The van der Waals surface area contributed by atoms with Crippen molar-refractivity contribution in [1.82, 2.24) is 0 Å². The van der Waals surface area contributed by atoms with Gasteiger partial charge in [-0.3, -0.25) is 0 Å². The molecule has 15 heavy (non-hydrogen) atoms. The lowest BCUT2D eigenvalue weighted by atomic mass is 10.1. The average molecular weight is 232 g/mol. The molecule has 0 amide bonds. The molecule has 0 fully saturated rings. The molecule has 0 aliphatic carbocycles. The molecular formula is C12H20ClO2. The topological polar surface area (TPSA) is 26.3 Å². The monoisotopic (exact) mass is 231 g/mol. The summed E-state index contributed by atoms with van der Waals surface area (Å²) >= 11 is 5.35. The first kappa shape index (κ1) is 14.5. The Labute approximate surface area is 97.6 Å². The molecule has 0 saturated carbocycles. The summed E-state index contributed by atoms with van der Waals surface area (Å²) in [5.74, 6) is -0.506. The van der Waals surface area contributed by atoms with Crippen molar-refractivity contribution in [2.75, 3.05) is 6.61 Å². The molecule has 0 bridgehead atoms. The number of esters is 1. The lowest BCUT2D eigenvalue weighted by molar-refractivity contribution is -0.138. The summed E-state index contributed by atoms with van der Waals surface area (Å²) in [6, 6.07) is 0. The molecule has 0 saturated heterocycles. The molecule has 0 aliphatic heterocycles. The number of carbonyl (C=O) groups is 1. The van der Waals surface area contributed by atoms with Crippen molar-refractivity contribution in [3.8, 4) is 0 Å². The Morgan fingerprint density at radius 2 is 1.60 bits per heavy atom. The number of carbonyl (C=O) groups excluding carboxylic acids is 1. The van der Waals surface area contributed by atoms with Crippen molar-refractivity contribution in [3.63, 3.8) is 0 Å². The standard InChI is InChI=1S/C12H20ClO2/c1-3-4-5-6-7-8-9-10-15-12(14)11(2)13/h1-10H2. The first-order chi connectivity index (χ1) is 7.18. The average Bonchev–Trinajstić information content (AvgIpc) is 2.21. The Hall–Kier alpha value is -0.500. The van der Waals surface area contributed by atoms with Crippen molar-refractivity contribution < 1.29 is 9.53 Å². The van der Waals surface area contributed by atoms with Crippen LogP contribution in [0.25, 0.3) is 0 Å². The zero-order chi connectivity index (χ0) is 11.5. The molecule has 0 atom stereocenters. The van der Waals surface area contributed by atoms with E-state index in [0.29, 0.717) is 6.61 Å². The van der Waals surface area contributed by atoms with Crippen molar-refractivity contribution in [3.05, 3.63) is 18.5 Å². The molecule has 0 spiro atoms. The van der Waals surface area contributed by atoms with Gasteiger partial charge >= 0.3 is 5.97 Å². The molecule has 0 heterocycles. The van der Waals surface area contributed by atoms with Gasteiger partial charge in [-0.25, -0.2) is 4.79 Å². The first-order valence-electron chi connectivity index (χ1n) is 5.49. The van der Waals surface area contributed by atoms with Crippen LogP contribution in [-0.4, -0.2) is 12.6 Å². The minimum absolute atomic E-state index is 0.0505. The van der Waals surface area contributed by atoms with E-state index in [2.05, 4.69) is 13.5 Å². The maximum atomic E-state index is 10.9. The van der Waals surface area contributed by atoms with Crippen LogP contribution in [-0.2, 0) is 9.53 Å². The second-order valence-corrected chi connectivity index (χ2v) is 3.97. The highest BCUT2D eigenvalue weighted by molar-refractivity contribution is 6.40. The van der Waals surface area contributed by atoms with E-state index >= 15 is 0 Å². The van der Waals surface area contributed by atoms with Crippen molar-refractivity contribution in [2.45, 2.75) is 44.9 Å². The van der Waals surface area contributed by atoms with Crippen LogP contribution in [0.3, 0.4) is 0 Å². The van der Waals surface area contributed by atoms with Crippen LogP contribution in [0, 0.1) is 6.92 Å². The van der Waals surface area contributed by atoms with E-state index in [4.69, 9.17) is 16.3 Å². The van der Waals surface area contributed by atoms with Gasteiger partial charge < -0.3 is 4.74 Å². The fourth-order valence-electron chi connectivity index (χ4n) is 1.23. The lowest BCUT2D eigenvalue weighted by Crippen LogP contribution is -2.04. The fourth-order valence-corrected chi connectivity index (χ4v) is 1.28. The number of rotatable bonds is 9. The van der Waals surface area contributed by atoms with Crippen LogP contribution < -0.4 is 0 Å². The Morgan fingerprint density at radius 1 is 1.07 bits per heavy atom. The van der Waals surface area contributed by atoms with E-state index in [1.807, 2.05) is 0 Å². The summed E-state index contributed by atoms with van der Waals surface area (Å²) in [6.45, 7) is 7.52. The summed E-state index contributed by atoms with van der Waals surface area (Å²) < 4.78 is 4.85. The Bertz CT molecular complexity index is 190. The van der Waals surface area contributed by atoms with Crippen molar-refractivity contribution in [2.24, 2.45) is 0 Å². The maximum absolute atomic E-state index is 10.9. The molecule has 0 N–H and O–H groups in total. The molecule has 3 heteroatoms. The minimum atomic E-state index is -0.506. The van der Waals surface area contributed by atoms with Gasteiger partial charge in [0, 0.05) is 0 Å². The quantitative estimate of drug-likeness (QED) is 0.342. The van der Waals surface area contributed by atoms with Crippen LogP contribution in [0.2, 0.25) is 0 Å². The molecule has 1 radical (unpaired) electrons. The zero-order valence-corrected chi connectivity index (χ0v) is 10.0. The second-order valence-electron chi connectivity index (χ2n) is 3.52. The van der Waals surface area contributed by atoms with Crippen LogP contribution in [0.15, 0.2) is 11.6 Å². The van der Waals surface area contributed by atoms with Gasteiger partial charge in [0.05, 0.1) is 6.61 Å². The maximum Gasteiger partial charge on any atom is 0.349 e. The molecule has 0 aromatic carbocycles. The van der Waals surface area contributed by atoms with Crippen molar-refractivity contribution in [1.29, 1.82) is 0 Å². The third-order valence-corrected chi connectivity index (χ3v) is 2.25. The predicted molar refractivity (Wildman–Crippen MR) is 63.6 cm³/mol. The van der Waals surface area contributed by atoms with Gasteiger partial charge in [0.2, 0.25) is 0 Å². The van der Waals surface area contributed by atoms with Gasteiger partial charge in [0.25, 0.3) is 0 Å². The van der Waals surface area contributed by atoms with Gasteiger partial charge in [-0.05, 0) is 6.42 Å². The summed E-state index contributed by atoms with van der Waals surface area (Å²) in [7, 11) is 0. The zero-order valence-electron chi connectivity index (χ0n) is 9.27. The minimum Gasteiger partial charge on any atom is -0.461 e. The van der Waals surface area contributed by atoms with Gasteiger partial charge in [0.15, 0.2) is 0 Å². The number of halogens is 1. The van der Waals surface area contributed by atoms with Crippen LogP contribution >= 0.6 is 11.6 Å². The number of hydrogen-bond donors (Lipinski definition) is 0. The van der Waals surface area contributed by atoms with Crippen molar-refractivity contribution >= 4 is 17.6 Å². The number of ether oxygens (including phenoxy) is 1. The third kappa shape index (κ3) is 9.80. The number of hydrogen-bond acceptors (Lipinski definition) is 2. The normalized spacial score (nSPS) is 10.0. The van der Waals surface area contributed by atoms with E-state index in [1.165, 1.54) is 25.7 Å². The Morgan fingerprint density at radius 3 is 2.13 bits per heavy atom. The highest BCUT2D eigenvalue weighted by atomic mass is 35.5. The fraction of sp³-hybridized carbons (Fsp3) is 0.667. The second kappa shape index (κ2) is 10.0. The molecule has 0 rings (SSSR count). The van der Waals surface area contributed by atoms with Crippen LogP contribution in [0.5, 0.6) is 0 Å². The Kier molecular flexibility index (Phi) is 9.70. The van der Waals surface area contributed by atoms with Crippen LogP contribution in [0.1, 0.15) is 44.9 Å². The molecule has 0 aromatic heterocycles. The largest absolute Gasteiger partial charge is 0.461 e. The van der Waals surface area contributed by atoms with Gasteiger partial charge in [-0.2, -0.15) is 0 Å².